The SMILES string of the molecule is CC(=O)C(Nc1ccc(C)cc1C)C(=O)O. The standard InChI is InChI=1S/C12H15NO3/c1-7-4-5-10(8(2)6-7)13-11(9(3)14)12(15)16/h4-6,11,13H,1-3H3,(H,15,16). The molecule has 1 rings (SSSR count). The van der Waals surface area contributed by atoms with Crippen LogP contribution in [0.1, 0.15) is 18.1 Å². The molecular formula is C12H15NO3. The molecule has 0 aromatic heterocycles. The molecule has 1 atom stereocenters. The molecule has 86 valence electrons. The van der Waals surface area contributed by atoms with Crippen molar-refractivity contribution in [1.29, 1.82) is 0 Å². The van der Waals surface area contributed by atoms with Gasteiger partial charge in [-0.3, -0.25) is 4.79 Å². The van der Waals surface area contributed by atoms with Crippen LogP contribution in [0.25, 0.3) is 0 Å². The predicted molar refractivity (Wildman–Crippen MR) is 61.6 cm³/mol. The number of hydrogen-bond donors (Lipinski definition) is 2. The Balaban J connectivity index is 2.94. The van der Waals surface area contributed by atoms with Crippen LogP contribution in [0.3, 0.4) is 0 Å². The number of anilines is 1. The summed E-state index contributed by atoms with van der Waals surface area (Å²) in [6.45, 7) is 5.08. The molecule has 0 aliphatic carbocycles. The maximum Gasteiger partial charge on any atom is 0.333 e. The maximum absolute atomic E-state index is 11.1. The third-order valence-electron chi connectivity index (χ3n) is 2.34. The van der Waals surface area contributed by atoms with Crippen LogP contribution >= 0.6 is 0 Å². The molecule has 0 radical (unpaired) electrons. The molecule has 0 heterocycles. The number of aliphatic carboxylic acids is 1. The highest BCUT2D eigenvalue weighted by Gasteiger charge is 2.22. The number of carbonyl (C=O) groups excluding carboxylic acids is 1. The second-order valence-electron chi connectivity index (χ2n) is 3.84. The molecule has 16 heavy (non-hydrogen) atoms. The third-order valence-corrected chi connectivity index (χ3v) is 2.34. The molecule has 0 amide bonds. The van der Waals surface area contributed by atoms with E-state index in [1.54, 1.807) is 6.07 Å². The van der Waals surface area contributed by atoms with Crippen LogP contribution in [0.2, 0.25) is 0 Å². The molecule has 0 bridgehead atoms. The van der Waals surface area contributed by atoms with Gasteiger partial charge in [0.25, 0.3) is 0 Å². The highest BCUT2D eigenvalue weighted by molar-refractivity contribution is 6.03. The molecule has 0 spiro atoms. The van der Waals surface area contributed by atoms with Gasteiger partial charge in [0.2, 0.25) is 0 Å². The average Bonchev–Trinajstić information content (AvgIpc) is 2.15. The number of Topliss-reactive ketones (excluding diaryl/α,β-unsaturated/α-hetero) is 1. The molecule has 1 aromatic carbocycles. The highest BCUT2D eigenvalue weighted by atomic mass is 16.4. The van der Waals surface area contributed by atoms with Crippen LogP contribution in [0.5, 0.6) is 0 Å². The first-order chi connectivity index (χ1) is 7.41. The summed E-state index contributed by atoms with van der Waals surface area (Å²) in [5.41, 5.74) is 2.69. The van der Waals surface area contributed by atoms with Gasteiger partial charge < -0.3 is 10.4 Å². The van der Waals surface area contributed by atoms with Gasteiger partial charge in [0.1, 0.15) is 0 Å². The first-order valence-corrected chi connectivity index (χ1v) is 4.99. The van der Waals surface area contributed by atoms with Crippen molar-refractivity contribution in [1.82, 2.24) is 0 Å². The summed E-state index contributed by atoms with van der Waals surface area (Å²) in [6, 6.07) is 4.40. The zero-order valence-corrected chi connectivity index (χ0v) is 9.57. The number of carboxylic acids is 1. The molecular weight excluding hydrogens is 206 g/mol. The minimum atomic E-state index is -1.18. The van der Waals surface area contributed by atoms with Crippen molar-refractivity contribution in [3.63, 3.8) is 0 Å². The number of hydrogen-bond acceptors (Lipinski definition) is 3. The quantitative estimate of drug-likeness (QED) is 0.760. The van der Waals surface area contributed by atoms with E-state index in [-0.39, 0.29) is 0 Å². The van der Waals surface area contributed by atoms with Crippen molar-refractivity contribution in [3.8, 4) is 0 Å². The van der Waals surface area contributed by atoms with Gasteiger partial charge in [-0.05, 0) is 32.4 Å². The van der Waals surface area contributed by atoms with Crippen molar-refractivity contribution < 1.29 is 14.7 Å². The summed E-state index contributed by atoms with van der Waals surface area (Å²) in [7, 11) is 0. The lowest BCUT2D eigenvalue weighted by molar-refractivity contribution is -0.140. The zero-order valence-electron chi connectivity index (χ0n) is 9.57. The molecule has 4 nitrogen and oxygen atoms in total. The molecule has 0 saturated carbocycles. The summed E-state index contributed by atoms with van der Waals surface area (Å²) < 4.78 is 0. The number of rotatable bonds is 4. The van der Waals surface area contributed by atoms with Gasteiger partial charge >= 0.3 is 5.97 Å². The third kappa shape index (κ3) is 2.82. The summed E-state index contributed by atoms with van der Waals surface area (Å²) in [5.74, 6) is -1.57. The van der Waals surface area contributed by atoms with E-state index >= 15 is 0 Å². The molecule has 0 fully saturated rings. The van der Waals surface area contributed by atoms with Crippen molar-refractivity contribution >= 4 is 17.4 Å². The van der Waals surface area contributed by atoms with E-state index in [1.807, 2.05) is 26.0 Å². The highest BCUT2D eigenvalue weighted by Crippen LogP contribution is 2.17. The van der Waals surface area contributed by atoms with E-state index in [2.05, 4.69) is 5.32 Å². The van der Waals surface area contributed by atoms with Crippen molar-refractivity contribution in [2.24, 2.45) is 0 Å². The Kier molecular flexibility index (Phi) is 3.66. The average molecular weight is 221 g/mol. The fraction of sp³-hybridized carbons (Fsp3) is 0.333. The Hall–Kier alpha value is -1.84. The monoisotopic (exact) mass is 221 g/mol. The van der Waals surface area contributed by atoms with Gasteiger partial charge in [-0.1, -0.05) is 17.7 Å². The second kappa shape index (κ2) is 4.79. The number of carbonyl (C=O) groups is 2. The Morgan fingerprint density at radius 1 is 1.31 bits per heavy atom. The minimum absolute atomic E-state index is 0.410. The van der Waals surface area contributed by atoms with Crippen LogP contribution in [0, 0.1) is 13.8 Å². The first-order valence-electron chi connectivity index (χ1n) is 4.99. The number of nitrogens with one attached hydrogen (secondary N) is 1. The molecule has 4 heteroatoms. The number of ketones is 1. The van der Waals surface area contributed by atoms with Gasteiger partial charge in [0.15, 0.2) is 11.8 Å². The van der Waals surface area contributed by atoms with E-state index in [1.165, 1.54) is 6.92 Å². The molecule has 1 aromatic rings. The summed E-state index contributed by atoms with van der Waals surface area (Å²) in [5, 5.41) is 11.6. The number of aryl methyl sites for hydroxylation is 2. The minimum Gasteiger partial charge on any atom is -0.479 e. The topological polar surface area (TPSA) is 66.4 Å². The normalized spacial score (nSPS) is 11.9. The Morgan fingerprint density at radius 3 is 2.38 bits per heavy atom. The van der Waals surface area contributed by atoms with Crippen LogP contribution < -0.4 is 5.32 Å². The summed E-state index contributed by atoms with van der Waals surface area (Å²) >= 11 is 0. The lowest BCUT2D eigenvalue weighted by Crippen LogP contribution is -2.36. The first kappa shape index (κ1) is 12.2. The molecule has 0 aliphatic heterocycles. The molecule has 0 aliphatic rings. The fourth-order valence-corrected chi connectivity index (χ4v) is 1.47. The van der Waals surface area contributed by atoms with Gasteiger partial charge in [-0.15, -0.1) is 0 Å². The second-order valence-corrected chi connectivity index (χ2v) is 3.84. The Morgan fingerprint density at radius 2 is 1.94 bits per heavy atom. The van der Waals surface area contributed by atoms with Gasteiger partial charge in [0.05, 0.1) is 0 Å². The Bertz CT molecular complexity index is 412. The smallest absolute Gasteiger partial charge is 0.333 e. The van der Waals surface area contributed by atoms with Crippen LogP contribution in [-0.4, -0.2) is 22.9 Å². The van der Waals surface area contributed by atoms with E-state index in [0.29, 0.717) is 5.69 Å². The predicted octanol–water partition coefficient (Wildman–Crippen LogP) is 1.76. The lowest BCUT2D eigenvalue weighted by Gasteiger charge is -2.15. The largest absolute Gasteiger partial charge is 0.479 e. The van der Waals surface area contributed by atoms with Crippen molar-refractivity contribution in [2.75, 3.05) is 5.32 Å². The summed E-state index contributed by atoms with van der Waals surface area (Å²) in [6.07, 6.45) is 0. The number of benzene rings is 1. The Labute approximate surface area is 94.3 Å². The lowest BCUT2D eigenvalue weighted by atomic mass is 10.1. The van der Waals surface area contributed by atoms with Gasteiger partial charge in [-0.25, -0.2) is 4.79 Å². The van der Waals surface area contributed by atoms with Crippen molar-refractivity contribution in [2.45, 2.75) is 26.8 Å². The van der Waals surface area contributed by atoms with E-state index in [0.717, 1.165) is 11.1 Å². The molecule has 0 saturated heterocycles. The number of carboxylic acid groups (broad SMARTS) is 1. The molecule has 1 unspecified atom stereocenters. The summed E-state index contributed by atoms with van der Waals surface area (Å²) in [4.78, 5) is 22.0. The van der Waals surface area contributed by atoms with E-state index in [9.17, 15) is 9.59 Å². The van der Waals surface area contributed by atoms with Crippen LogP contribution in [-0.2, 0) is 9.59 Å². The fourth-order valence-electron chi connectivity index (χ4n) is 1.47. The maximum atomic E-state index is 11.1. The van der Waals surface area contributed by atoms with E-state index < -0.39 is 17.8 Å². The van der Waals surface area contributed by atoms with Gasteiger partial charge in [-0.2, -0.15) is 0 Å². The van der Waals surface area contributed by atoms with Crippen molar-refractivity contribution in [3.05, 3.63) is 29.3 Å². The van der Waals surface area contributed by atoms with E-state index in [4.69, 9.17) is 5.11 Å². The zero-order chi connectivity index (χ0) is 12.3. The van der Waals surface area contributed by atoms with Crippen LogP contribution in [0.4, 0.5) is 5.69 Å². The van der Waals surface area contributed by atoms with Crippen LogP contribution in [0.15, 0.2) is 18.2 Å². The molecule has 2 N–H and O–H groups in total. The van der Waals surface area contributed by atoms with Gasteiger partial charge in [0, 0.05) is 5.69 Å².